The highest BCUT2D eigenvalue weighted by Gasteiger charge is 2.49. The molecule has 1 aliphatic carbocycles. The fourth-order valence-corrected chi connectivity index (χ4v) is 5.35. The molecule has 2 aliphatic heterocycles. The van der Waals surface area contributed by atoms with Crippen LogP contribution in [0.5, 0.6) is 0 Å². The zero-order valence-electron chi connectivity index (χ0n) is 19.6. The minimum atomic E-state index is -4.68. The summed E-state index contributed by atoms with van der Waals surface area (Å²) in [7, 11) is 0. The van der Waals surface area contributed by atoms with Crippen molar-refractivity contribution in [1.29, 1.82) is 5.26 Å². The second kappa shape index (κ2) is 9.12. The molecule has 1 aromatic heterocycles. The van der Waals surface area contributed by atoms with Gasteiger partial charge in [0, 0.05) is 43.8 Å². The quantitative estimate of drug-likeness (QED) is 0.695. The lowest BCUT2D eigenvalue weighted by Crippen LogP contribution is -2.44. The van der Waals surface area contributed by atoms with E-state index >= 15 is 0 Å². The largest absolute Gasteiger partial charge is 0.417 e. The van der Waals surface area contributed by atoms with Gasteiger partial charge in [0.2, 0.25) is 5.91 Å². The maximum absolute atomic E-state index is 13.7. The molecule has 0 radical (unpaired) electrons. The van der Waals surface area contributed by atoms with Crippen molar-refractivity contribution < 1.29 is 22.8 Å². The number of piperidine rings is 1. The Morgan fingerprint density at radius 2 is 1.92 bits per heavy atom. The fraction of sp³-hybridized carbons (Fsp3) is 0.462. The van der Waals surface area contributed by atoms with Crippen molar-refractivity contribution in [3.63, 3.8) is 0 Å². The van der Waals surface area contributed by atoms with E-state index in [-0.39, 0.29) is 29.0 Å². The maximum atomic E-state index is 13.7. The van der Waals surface area contributed by atoms with E-state index < -0.39 is 23.3 Å². The predicted octanol–water partition coefficient (Wildman–Crippen LogP) is 3.75. The second-order valence-electron chi connectivity index (χ2n) is 10.0. The molecule has 1 saturated carbocycles. The van der Waals surface area contributed by atoms with Crippen LogP contribution >= 0.6 is 0 Å². The third kappa shape index (κ3) is 4.74. The zero-order valence-corrected chi connectivity index (χ0v) is 19.6. The molecule has 10 heteroatoms. The number of halogens is 3. The summed E-state index contributed by atoms with van der Waals surface area (Å²) >= 11 is 0. The molecule has 1 unspecified atom stereocenters. The van der Waals surface area contributed by atoms with Crippen molar-refractivity contribution in [1.82, 2.24) is 15.2 Å². The van der Waals surface area contributed by atoms with Crippen LogP contribution in [0.2, 0.25) is 0 Å². The number of amides is 2. The highest BCUT2D eigenvalue weighted by Crippen LogP contribution is 2.46. The van der Waals surface area contributed by atoms with Gasteiger partial charge in [0.1, 0.15) is 6.04 Å². The third-order valence-electron chi connectivity index (χ3n) is 7.52. The number of nitriles is 1. The molecule has 1 N–H and O–H groups in total. The Morgan fingerprint density at radius 1 is 1.17 bits per heavy atom. The molecule has 1 atom stereocenters. The molecule has 3 heterocycles. The number of aromatic nitrogens is 1. The number of pyridine rings is 1. The molecule has 5 rings (SSSR count). The number of hydrogen-bond donors (Lipinski definition) is 1. The zero-order chi connectivity index (χ0) is 25.5. The third-order valence-corrected chi connectivity index (χ3v) is 7.52. The molecule has 1 spiro atoms. The number of hydrogen-bond acceptors (Lipinski definition) is 5. The van der Waals surface area contributed by atoms with E-state index in [0.29, 0.717) is 44.5 Å². The number of benzene rings is 1. The first kappa shape index (κ1) is 24.1. The van der Waals surface area contributed by atoms with Gasteiger partial charge in [-0.1, -0.05) is 0 Å². The Bertz CT molecular complexity index is 1200. The highest BCUT2D eigenvalue weighted by molar-refractivity contribution is 5.94. The van der Waals surface area contributed by atoms with Crippen molar-refractivity contribution in [3.8, 4) is 6.07 Å². The van der Waals surface area contributed by atoms with E-state index in [0.717, 1.165) is 18.9 Å². The number of alkyl halides is 3. The second-order valence-corrected chi connectivity index (χ2v) is 10.0. The first-order chi connectivity index (χ1) is 17.2. The predicted molar refractivity (Wildman–Crippen MR) is 125 cm³/mol. The number of carbonyl (C=O) groups is 2. The average molecular weight is 498 g/mol. The van der Waals surface area contributed by atoms with Crippen molar-refractivity contribution in [3.05, 3.63) is 59.4 Å². The highest BCUT2D eigenvalue weighted by atomic mass is 19.4. The Morgan fingerprint density at radius 3 is 2.53 bits per heavy atom. The Hall–Kier alpha value is -3.61. The van der Waals surface area contributed by atoms with Crippen LogP contribution in [0, 0.1) is 16.7 Å². The van der Waals surface area contributed by atoms with Crippen molar-refractivity contribution >= 4 is 17.5 Å². The smallest absolute Gasteiger partial charge is 0.359 e. The van der Waals surface area contributed by atoms with Gasteiger partial charge in [-0.05, 0) is 67.9 Å². The fourth-order valence-electron chi connectivity index (χ4n) is 5.35. The molecule has 2 aromatic rings. The minimum absolute atomic E-state index is 0.0993. The number of nitrogens with one attached hydrogen (secondary N) is 1. The molecule has 3 aliphatic rings. The van der Waals surface area contributed by atoms with Crippen LogP contribution in [-0.2, 0) is 11.0 Å². The lowest BCUT2D eigenvalue weighted by atomic mass is 9.76. The lowest BCUT2D eigenvalue weighted by molar-refractivity contribution is -0.137. The summed E-state index contributed by atoms with van der Waals surface area (Å²) in [5.41, 5.74) is -0.949. The van der Waals surface area contributed by atoms with Crippen LogP contribution < -0.4 is 10.2 Å². The van der Waals surface area contributed by atoms with Gasteiger partial charge in [-0.3, -0.25) is 14.6 Å². The summed E-state index contributed by atoms with van der Waals surface area (Å²) in [6.45, 7) is 1.41. The van der Waals surface area contributed by atoms with E-state index in [2.05, 4.69) is 10.3 Å². The molecule has 188 valence electrons. The molecule has 0 bridgehead atoms. The SMILES string of the molecule is N#Cc1ccc(N2CC3(CCN(C(=O)c4cccnc4)CC3)CC2C(=O)NC2CC2)cc1C(F)(F)F. The summed E-state index contributed by atoms with van der Waals surface area (Å²) in [4.78, 5) is 33.6. The van der Waals surface area contributed by atoms with Gasteiger partial charge in [0.15, 0.2) is 0 Å². The Labute approximate surface area is 206 Å². The van der Waals surface area contributed by atoms with Crippen LogP contribution in [0.4, 0.5) is 18.9 Å². The summed E-state index contributed by atoms with van der Waals surface area (Å²) in [6, 6.07) is 8.21. The van der Waals surface area contributed by atoms with Gasteiger partial charge in [-0.25, -0.2) is 0 Å². The van der Waals surface area contributed by atoms with E-state index in [1.54, 1.807) is 34.2 Å². The van der Waals surface area contributed by atoms with Gasteiger partial charge in [-0.15, -0.1) is 0 Å². The Balaban J connectivity index is 1.39. The van der Waals surface area contributed by atoms with E-state index in [1.807, 2.05) is 0 Å². The van der Waals surface area contributed by atoms with Crippen LogP contribution in [0.3, 0.4) is 0 Å². The molecular weight excluding hydrogens is 471 g/mol. The van der Waals surface area contributed by atoms with E-state index in [9.17, 15) is 28.0 Å². The van der Waals surface area contributed by atoms with Gasteiger partial charge in [0.25, 0.3) is 5.91 Å². The molecule has 2 saturated heterocycles. The van der Waals surface area contributed by atoms with Crippen LogP contribution in [0.25, 0.3) is 0 Å². The number of likely N-dealkylation sites (tertiary alicyclic amines) is 1. The molecular formula is C26H26F3N5O2. The normalized spacial score (nSPS) is 21.3. The average Bonchev–Trinajstić information content (AvgIpc) is 3.62. The Kier molecular flexibility index (Phi) is 6.10. The standard InChI is InChI=1S/C26H26F3N5O2/c27-26(28,29)21-12-20(6-3-17(21)14-30)34-16-25(13-22(34)23(35)32-19-4-5-19)7-10-33(11-8-25)24(36)18-2-1-9-31-15-18/h1-3,6,9,12,15,19,22H,4-5,7-8,10-11,13,16H2,(H,32,35). The molecule has 2 amide bonds. The van der Waals surface area contributed by atoms with Crippen LogP contribution in [-0.4, -0.2) is 53.4 Å². The van der Waals surface area contributed by atoms with Crippen LogP contribution in [0.15, 0.2) is 42.7 Å². The number of rotatable bonds is 4. The first-order valence-electron chi connectivity index (χ1n) is 12.1. The number of nitrogens with zero attached hydrogens (tertiary/aromatic N) is 4. The van der Waals surface area contributed by atoms with Crippen molar-refractivity contribution in [2.45, 2.75) is 50.4 Å². The lowest BCUT2D eigenvalue weighted by Gasteiger charge is -2.39. The van der Waals surface area contributed by atoms with Gasteiger partial charge in [-0.2, -0.15) is 18.4 Å². The summed E-state index contributed by atoms with van der Waals surface area (Å²) in [6.07, 6.45) is 2.06. The topological polar surface area (TPSA) is 89.3 Å². The van der Waals surface area contributed by atoms with Gasteiger partial charge in [0.05, 0.1) is 22.8 Å². The van der Waals surface area contributed by atoms with Gasteiger partial charge >= 0.3 is 6.18 Å². The van der Waals surface area contributed by atoms with Gasteiger partial charge < -0.3 is 15.1 Å². The summed E-state index contributed by atoms with van der Waals surface area (Å²) in [5, 5.41) is 12.2. The molecule has 36 heavy (non-hydrogen) atoms. The first-order valence-corrected chi connectivity index (χ1v) is 12.1. The van der Waals surface area contributed by atoms with E-state index in [4.69, 9.17) is 0 Å². The molecule has 1 aromatic carbocycles. The number of carbonyl (C=O) groups excluding carboxylic acids is 2. The molecule has 3 fully saturated rings. The summed E-state index contributed by atoms with van der Waals surface area (Å²) < 4.78 is 41.0. The van der Waals surface area contributed by atoms with Crippen molar-refractivity contribution in [2.24, 2.45) is 5.41 Å². The van der Waals surface area contributed by atoms with E-state index in [1.165, 1.54) is 18.3 Å². The van der Waals surface area contributed by atoms with Crippen molar-refractivity contribution in [2.75, 3.05) is 24.5 Å². The maximum Gasteiger partial charge on any atom is 0.417 e. The molecule has 7 nitrogen and oxygen atoms in total. The number of anilines is 1. The monoisotopic (exact) mass is 497 g/mol. The summed E-state index contributed by atoms with van der Waals surface area (Å²) in [5.74, 6) is -0.279. The minimum Gasteiger partial charge on any atom is -0.359 e. The van der Waals surface area contributed by atoms with Crippen LogP contribution in [0.1, 0.15) is 53.6 Å².